The summed E-state index contributed by atoms with van der Waals surface area (Å²) in [6, 6.07) is 26.8. The predicted octanol–water partition coefficient (Wildman–Crippen LogP) is 5.40. The average molecular weight is 369 g/mol. The Balaban J connectivity index is 1.93. The largest absolute Gasteiger partial charge is 0.208 e. The number of nitrogens with zero attached hydrogens (tertiary/aromatic N) is 4. The number of halogens is 1. The molecule has 5 heteroatoms. The highest BCUT2D eigenvalue weighted by molar-refractivity contribution is 6.31. The second kappa shape index (κ2) is 7.36. The van der Waals surface area contributed by atoms with Crippen LogP contribution in [0, 0.1) is 11.3 Å². The minimum Gasteiger partial charge on any atom is -0.208 e. The first-order valence-electron chi connectivity index (χ1n) is 8.31. The van der Waals surface area contributed by atoms with Crippen LogP contribution in [0.1, 0.15) is 5.56 Å². The van der Waals surface area contributed by atoms with E-state index < -0.39 is 0 Å². The van der Waals surface area contributed by atoms with Gasteiger partial charge >= 0.3 is 0 Å². The highest BCUT2D eigenvalue weighted by Gasteiger charge is 2.13. The maximum absolute atomic E-state index is 9.27. The van der Waals surface area contributed by atoms with Gasteiger partial charge in [0.05, 0.1) is 10.6 Å². The Kier molecular flexibility index (Phi) is 4.61. The van der Waals surface area contributed by atoms with Crippen molar-refractivity contribution in [3.05, 3.63) is 89.4 Å². The summed E-state index contributed by atoms with van der Waals surface area (Å²) in [6.07, 6.45) is 0. The fourth-order valence-electron chi connectivity index (χ4n) is 2.69. The van der Waals surface area contributed by atoms with Crippen LogP contribution in [0.25, 0.3) is 34.2 Å². The van der Waals surface area contributed by atoms with Gasteiger partial charge in [0.2, 0.25) is 0 Å². The fourth-order valence-corrected chi connectivity index (χ4v) is 2.85. The van der Waals surface area contributed by atoms with E-state index >= 15 is 0 Å². The Morgan fingerprint density at radius 1 is 0.630 bits per heavy atom. The Morgan fingerprint density at radius 3 is 1.59 bits per heavy atom. The van der Waals surface area contributed by atoms with E-state index in [1.165, 1.54) is 0 Å². The van der Waals surface area contributed by atoms with Crippen molar-refractivity contribution < 1.29 is 0 Å². The molecule has 128 valence electrons. The normalized spacial score (nSPS) is 10.4. The Hall–Kier alpha value is -3.55. The van der Waals surface area contributed by atoms with E-state index in [1.54, 1.807) is 12.1 Å². The SMILES string of the molecule is N#Cc1cc(-c2nc(-c3ccccc3)nc(-c3ccccc3)n2)ccc1Cl. The van der Waals surface area contributed by atoms with Gasteiger partial charge in [-0.2, -0.15) is 5.26 Å². The highest BCUT2D eigenvalue weighted by atomic mass is 35.5. The molecule has 0 aliphatic rings. The average Bonchev–Trinajstić information content (AvgIpc) is 2.75. The zero-order valence-corrected chi connectivity index (χ0v) is 14.9. The van der Waals surface area contributed by atoms with Crippen LogP contribution in [-0.4, -0.2) is 15.0 Å². The number of nitriles is 1. The van der Waals surface area contributed by atoms with Crippen molar-refractivity contribution in [2.75, 3.05) is 0 Å². The Labute approximate surface area is 161 Å². The molecule has 4 nitrogen and oxygen atoms in total. The van der Waals surface area contributed by atoms with E-state index in [9.17, 15) is 5.26 Å². The van der Waals surface area contributed by atoms with Crippen molar-refractivity contribution in [1.82, 2.24) is 15.0 Å². The summed E-state index contributed by atoms with van der Waals surface area (Å²) in [5, 5.41) is 9.67. The fraction of sp³-hybridized carbons (Fsp3) is 0. The van der Waals surface area contributed by atoms with Crippen LogP contribution in [0.5, 0.6) is 0 Å². The predicted molar refractivity (Wildman–Crippen MR) is 106 cm³/mol. The van der Waals surface area contributed by atoms with Crippen molar-refractivity contribution in [3.8, 4) is 40.2 Å². The van der Waals surface area contributed by atoms with Gasteiger partial charge in [-0.25, -0.2) is 15.0 Å². The van der Waals surface area contributed by atoms with Crippen LogP contribution < -0.4 is 0 Å². The molecule has 0 aliphatic heterocycles. The third-order valence-electron chi connectivity index (χ3n) is 4.04. The van der Waals surface area contributed by atoms with Crippen molar-refractivity contribution >= 4 is 11.6 Å². The lowest BCUT2D eigenvalue weighted by Gasteiger charge is -2.08. The van der Waals surface area contributed by atoms with Crippen molar-refractivity contribution in [2.24, 2.45) is 0 Å². The van der Waals surface area contributed by atoms with Crippen LogP contribution >= 0.6 is 11.6 Å². The van der Waals surface area contributed by atoms with E-state index in [-0.39, 0.29) is 0 Å². The Bertz CT molecular complexity index is 1080. The lowest BCUT2D eigenvalue weighted by Crippen LogP contribution is -2.00. The first-order chi connectivity index (χ1) is 13.2. The third kappa shape index (κ3) is 3.55. The highest BCUT2D eigenvalue weighted by Crippen LogP contribution is 2.26. The minimum absolute atomic E-state index is 0.386. The zero-order valence-electron chi connectivity index (χ0n) is 14.2. The molecular weight excluding hydrogens is 356 g/mol. The minimum atomic E-state index is 0.386. The van der Waals surface area contributed by atoms with Crippen molar-refractivity contribution in [3.63, 3.8) is 0 Å². The smallest absolute Gasteiger partial charge is 0.164 e. The van der Waals surface area contributed by atoms with Crippen LogP contribution in [0.2, 0.25) is 5.02 Å². The first kappa shape index (κ1) is 16.9. The zero-order chi connectivity index (χ0) is 18.6. The molecule has 0 N–H and O–H groups in total. The van der Waals surface area contributed by atoms with E-state index in [0.717, 1.165) is 11.1 Å². The van der Waals surface area contributed by atoms with Gasteiger partial charge in [-0.15, -0.1) is 0 Å². The quantitative estimate of drug-likeness (QED) is 0.486. The molecule has 0 unspecified atom stereocenters. The Morgan fingerprint density at radius 2 is 1.11 bits per heavy atom. The number of rotatable bonds is 3. The number of benzene rings is 3. The molecule has 0 bridgehead atoms. The molecule has 0 saturated carbocycles. The summed E-state index contributed by atoms with van der Waals surface area (Å²) >= 11 is 6.06. The van der Waals surface area contributed by atoms with E-state index in [4.69, 9.17) is 11.6 Å². The summed E-state index contributed by atoms with van der Waals surface area (Å²) < 4.78 is 0. The molecule has 0 radical (unpaired) electrons. The second-order valence-corrected chi connectivity index (χ2v) is 6.25. The van der Waals surface area contributed by atoms with E-state index in [1.807, 2.05) is 66.7 Å². The molecule has 0 amide bonds. The molecule has 0 atom stereocenters. The molecule has 4 aromatic rings. The van der Waals surface area contributed by atoms with Crippen molar-refractivity contribution in [2.45, 2.75) is 0 Å². The lowest BCUT2D eigenvalue weighted by atomic mass is 10.1. The summed E-state index contributed by atoms with van der Waals surface area (Å²) in [6.45, 7) is 0. The summed E-state index contributed by atoms with van der Waals surface area (Å²) in [4.78, 5) is 13.9. The molecule has 0 saturated heterocycles. The van der Waals surface area contributed by atoms with Gasteiger partial charge in [0, 0.05) is 16.7 Å². The van der Waals surface area contributed by atoms with Gasteiger partial charge in [-0.05, 0) is 18.2 Å². The number of aromatic nitrogens is 3. The van der Waals surface area contributed by atoms with Gasteiger partial charge in [0.1, 0.15) is 6.07 Å². The lowest BCUT2D eigenvalue weighted by molar-refractivity contribution is 1.07. The molecular formula is C22H13ClN4. The van der Waals surface area contributed by atoms with Crippen LogP contribution in [0.4, 0.5) is 0 Å². The molecule has 0 fully saturated rings. The second-order valence-electron chi connectivity index (χ2n) is 5.84. The molecule has 1 aromatic heterocycles. The molecule has 3 aromatic carbocycles. The summed E-state index contributed by atoms with van der Waals surface area (Å²) in [5.41, 5.74) is 2.89. The number of hydrogen-bond donors (Lipinski definition) is 0. The monoisotopic (exact) mass is 368 g/mol. The molecule has 4 rings (SSSR count). The molecule has 0 aliphatic carbocycles. The van der Waals surface area contributed by atoms with Crippen LogP contribution in [0.15, 0.2) is 78.9 Å². The van der Waals surface area contributed by atoms with Gasteiger partial charge in [0.15, 0.2) is 17.5 Å². The molecule has 1 heterocycles. The maximum Gasteiger partial charge on any atom is 0.164 e. The standard InChI is InChI=1S/C22H13ClN4/c23-19-12-11-17(13-18(19)14-24)22-26-20(15-7-3-1-4-8-15)25-21(27-22)16-9-5-2-6-10-16/h1-13H. The topological polar surface area (TPSA) is 62.5 Å². The first-order valence-corrected chi connectivity index (χ1v) is 8.69. The van der Waals surface area contributed by atoms with E-state index in [2.05, 4.69) is 21.0 Å². The van der Waals surface area contributed by atoms with Gasteiger partial charge in [-0.1, -0.05) is 72.3 Å². The number of hydrogen-bond acceptors (Lipinski definition) is 4. The molecule has 0 spiro atoms. The summed E-state index contributed by atoms with van der Waals surface area (Å²) in [5.74, 6) is 1.65. The van der Waals surface area contributed by atoms with Crippen LogP contribution in [-0.2, 0) is 0 Å². The molecule has 27 heavy (non-hydrogen) atoms. The van der Waals surface area contributed by atoms with Crippen molar-refractivity contribution in [1.29, 1.82) is 5.26 Å². The van der Waals surface area contributed by atoms with Gasteiger partial charge in [0.25, 0.3) is 0 Å². The maximum atomic E-state index is 9.27. The van der Waals surface area contributed by atoms with Gasteiger partial charge < -0.3 is 0 Å². The third-order valence-corrected chi connectivity index (χ3v) is 4.37. The van der Waals surface area contributed by atoms with Gasteiger partial charge in [-0.3, -0.25) is 0 Å². The van der Waals surface area contributed by atoms with E-state index in [0.29, 0.717) is 33.6 Å². The van der Waals surface area contributed by atoms with Crippen LogP contribution in [0.3, 0.4) is 0 Å². The summed E-state index contributed by atoms with van der Waals surface area (Å²) in [7, 11) is 0.